The van der Waals surface area contributed by atoms with E-state index in [1.54, 1.807) is 26.0 Å². The molecule has 2 rings (SSSR count). The van der Waals surface area contributed by atoms with Gasteiger partial charge in [-0.2, -0.15) is 0 Å². The minimum absolute atomic E-state index is 0.202. The van der Waals surface area contributed by atoms with Crippen LogP contribution in [0, 0.1) is 20.8 Å². The minimum atomic E-state index is -0.563. The van der Waals surface area contributed by atoms with E-state index in [1.807, 2.05) is 19.9 Å². The van der Waals surface area contributed by atoms with Crippen molar-refractivity contribution in [2.75, 3.05) is 19.0 Å². The quantitative estimate of drug-likeness (QED) is 0.785. The molecule has 0 fully saturated rings. The second-order valence-electron chi connectivity index (χ2n) is 5.89. The van der Waals surface area contributed by atoms with Crippen LogP contribution in [0.15, 0.2) is 18.2 Å². The first kappa shape index (κ1) is 19.7. The second-order valence-corrected chi connectivity index (χ2v) is 6.91. The molecule has 1 heterocycles. The molecule has 138 valence electrons. The first-order valence-corrected chi connectivity index (χ1v) is 9.02. The fraction of sp³-hybridized carbons (Fsp3) is 0.316. The van der Waals surface area contributed by atoms with Crippen molar-refractivity contribution in [1.82, 2.24) is 5.32 Å². The molecule has 0 bridgehead atoms. The third kappa shape index (κ3) is 4.11. The maximum Gasteiger partial charge on any atom is 0.341 e. The predicted octanol–water partition coefficient (Wildman–Crippen LogP) is 3.46. The molecule has 2 N–H and O–H groups in total. The fourth-order valence-corrected chi connectivity index (χ4v) is 3.80. The summed E-state index contributed by atoms with van der Waals surface area (Å²) in [6.45, 7) is 7.39. The van der Waals surface area contributed by atoms with Gasteiger partial charge in [-0.05, 0) is 45.4 Å². The van der Waals surface area contributed by atoms with E-state index in [-0.39, 0.29) is 24.0 Å². The molecule has 1 aromatic heterocycles. The van der Waals surface area contributed by atoms with Gasteiger partial charge in [-0.15, -0.1) is 11.3 Å². The van der Waals surface area contributed by atoms with Crippen LogP contribution >= 0.6 is 11.3 Å². The number of hydrogen-bond donors (Lipinski definition) is 2. The van der Waals surface area contributed by atoms with Crippen LogP contribution in [0.2, 0.25) is 0 Å². The van der Waals surface area contributed by atoms with E-state index in [0.717, 1.165) is 22.5 Å². The molecule has 1 aromatic carbocycles. The number of nitrogens with one attached hydrogen (secondary N) is 2. The SMILES string of the molecule is CCOC(=O)c1c(NC(=O)c2cc(C)cc(C)c2)sc(C(=O)NC)c1C. The lowest BCUT2D eigenvalue weighted by atomic mass is 10.1. The van der Waals surface area contributed by atoms with Crippen LogP contribution in [0.3, 0.4) is 0 Å². The van der Waals surface area contributed by atoms with Gasteiger partial charge in [0.15, 0.2) is 0 Å². The molecule has 2 aromatic rings. The molecule has 6 nitrogen and oxygen atoms in total. The third-order valence-corrected chi connectivity index (χ3v) is 4.98. The average Bonchev–Trinajstić information content (AvgIpc) is 2.89. The summed E-state index contributed by atoms with van der Waals surface area (Å²) in [5.41, 5.74) is 3.13. The second kappa shape index (κ2) is 8.14. The monoisotopic (exact) mass is 374 g/mol. The molecule has 2 amide bonds. The van der Waals surface area contributed by atoms with E-state index < -0.39 is 5.97 Å². The number of benzene rings is 1. The van der Waals surface area contributed by atoms with Gasteiger partial charge in [-0.1, -0.05) is 17.2 Å². The van der Waals surface area contributed by atoms with Crippen molar-refractivity contribution in [2.45, 2.75) is 27.7 Å². The van der Waals surface area contributed by atoms with Gasteiger partial charge in [0.05, 0.1) is 17.0 Å². The van der Waals surface area contributed by atoms with Crippen LogP contribution in [0.1, 0.15) is 54.0 Å². The molecule has 0 radical (unpaired) electrons. The Labute approximate surface area is 156 Å². The van der Waals surface area contributed by atoms with Crippen molar-refractivity contribution >= 4 is 34.1 Å². The van der Waals surface area contributed by atoms with E-state index in [1.165, 1.54) is 7.05 Å². The van der Waals surface area contributed by atoms with Gasteiger partial charge in [0, 0.05) is 12.6 Å². The van der Waals surface area contributed by atoms with E-state index in [4.69, 9.17) is 4.74 Å². The molecule has 26 heavy (non-hydrogen) atoms. The first-order chi connectivity index (χ1) is 12.3. The zero-order valence-corrected chi connectivity index (χ0v) is 16.3. The zero-order chi connectivity index (χ0) is 19.4. The zero-order valence-electron chi connectivity index (χ0n) is 15.5. The highest BCUT2D eigenvalue weighted by atomic mass is 32.1. The van der Waals surface area contributed by atoms with Gasteiger partial charge in [0.1, 0.15) is 5.00 Å². The van der Waals surface area contributed by atoms with Crippen molar-refractivity contribution in [2.24, 2.45) is 0 Å². The van der Waals surface area contributed by atoms with E-state index in [0.29, 0.717) is 21.0 Å². The Morgan fingerprint density at radius 2 is 1.65 bits per heavy atom. The number of aryl methyl sites for hydroxylation is 2. The fourth-order valence-electron chi connectivity index (χ4n) is 2.66. The van der Waals surface area contributed by atoms with Gasteiger partial charge in [-0.3, -0.25) is 9.59 Å². The number of amides is 2. The van der Waals surface area contributed by atoms with Crippen LogP contribution in [0.4, 0.5) is 5.00 Å². The maximum atomic E-state index is 12.7. The van der Waals surface area contributed by atoms with Crippen molar-refractivity contribution < 1.29 is 19.1 Å². The number of carbonyl (C=O) groups excluding carboxylic acids is 3. The molecule has 0 saturated carbocycles. The Kier molecular flexibility index (Phi) is 6.15. The van der Waals surface area contributed by atoms with Gasteiger partial charge in [0.25, 0.3) is 11.8 Å². The summed E-state index contributed by atoms with van der Waals surface area (Å²) in [6.07, 6.45) is 0. The molecular formula is C19H22N2O4S. The molecular weight excluding hydrogens is 352 g/mol. The summed E-state index contributed by atoms with van der Waals surface area (Å²) in [6, 6.07) is 5.51. The number of ether oxygens (including phenoxy) is 1. The molecule has 0 aliphatic carbocycles. The summed E-state index contributed by atoms with van der Waals surface area (Å²) in [4.78, 5) is 37.4. The first-order valence-electron chi connectivity index (χ1n) is 8.20. The lowest BCUT2D eigenvalue weighted by molar-refractivity contribution is 0.0527. The Bertz CT molecular complexity index is 850. The van der Waals surface area contributed by atoms with Crippen LogP contribution in [0.5, 0.6) is 0 Å². The molecule has 0 aliphatic rings. The summed E-state index contributed by atoms with van der Waals surface area (Å²) in [5.74, 6) is -1.22. The molecule has 0 unspecified atom stereocenters. The highest BCUT2D eigenvalue weighted by Crippen LogP contribution is 2.34. The largest absolute Gasteiger partial charge is 0.462 e. The molecule has 0 atom stereocenters. The van der Waals surface area contributed by atoms with Crippen LogP contribution in [-0.2, 0) is 4.74 Å². The van der Waals surface area contributed by atoms with Crippen molar-refractivity contribution in [1.29, 1.82) is 0 Å². The highest BCUT2D eigenvalue weighted by molar-refractivity contribution is 7.18. The van der Waals surface area contributed by atoms with E-state index >= 15 is 0 Å². The highest BCUT2D eigenvalue weighted by Gasteiger charge is 2.26. The summed E-state index contributed by atoms with van der Waals surface area (Å²) >= 11 is 1.06. The third-order valence-electron chi connectivity index (χ3n) is 3.77. The number of esters is 1. The van der Waals surface area contributed by atoms with Crippen molar-refractivity contribution in [3.63, 3.8) is 0 Å². The van der Waals surface area contributed by atoms with E-state index in [9.17, 15) is 14.4 Å². The average molecular weight is 374 g/mol. The van der Waals surface area contributed by atoms with Gasteiger partial charge in [0.2, 0.25) is 0 Å². The smallest absolute Gasteiger partial charge is 0.341 e. The predicted molar refractivity (Wildman–Crippen MR) is 102 cm³/mol. The Balaban J connectivity index is 2.45. The van der Waals surface area contributed by atoms with Gasteiger partial charge >= 0.3 is 5.97 Å². The summed E-state index contributed by atoms with van der Waals surface area (Å²) in [5, 5.41) is 5.61. The van der Waals surface area contributed by atoms with E-state index in [2.05, 4.69) is 10.6 Å². The number of anilines is 1. The lowest BCUT2D eigenvalue weighted by Gasteiger charge is -2.08. The topological polar surface area (TPSA) is 84.5 Å². The Morgan fingerprint density at radius 3 is 2.19 bits per heavy atom. The molecule has 7 heteroatoms. The normalized spacial score (nSPS) is 10.3. The molecule has 0 spiro atoms. The van der Waals surface area contributed by atoms with Crippen LogP contribution in [-0.4, -0.2) is 31.4 Å². The lowest BCUT2D eigenvalue weighted by Crippen LogP contribution is -2.18. The van der Waals surface area contributed by atoms with Gasteiger partial charge < -0.3 is 15.4 Å². The Hall–Kier alpha value is -2.67. The number of hydrogen-bond acceptors (Lipinski definition) is 5. The van der Waals surface area contributed by atoms with Crippen molar-refractivity contribution in [3.8, 4) is 0 Å². The van der Waals surface area contributed by atoms with Crippen LogP contribution in [0.25, 0.3) is 0 Å². The van der Waals surface area contributed by atoms with Gasteiger partial charge in [-0.25, -0.2) is 4.79 Å². The molecule has 0 saturated heterocycles. The Morgan fingerprint density at radius 1 is 1.04 bits per heavy atom. The molecule has 0 aliphatic heterocycles. The maximum absolute atomic E-state index is 12.7. The minimum Gasteiger partial charge on any atom is -0.462 e. The summed E-state index contributed by atoms with van der Waals surface area (Å²) < 4.78 is 5.09. The summed E-state index contributed by atoms with van der Waals surface area (Å²) in [7, 11) is 1.51. The van der Waals surface area contributed by atoms with Crippen molar-refractivity contribution in [3.05, 3.63) is 50.9 Å². The number of rotatable bonds is 5. The standard InChI is InChI=1S/C19H22N2O4S/c1-6-25-19(24)14-12(4)15(17(23)20-5)26-18(14)21-16(22)13-8-10(2)7-11(3)9-13/h7-9H,6H2,1-5H3,(H,20,23)(H,21,22). The van der Waals surface area contributed by atoms with Crippen LogP contribution < -0.4 is 10.6 Å². The number of thiophene rings is 1. The number of carbonyl (C=O) groups is 3.